The molecule has 102 valence electrons. The first-order valence-corrected chi connectivity index (χ1v) is 6.13. The molecule has 1 amide bonds. The quantitative estimate of drug-likeness (QED) is 0.718. The Morgan fingerprint density at radius 1 is 1.26 bits per heavy atom. The number of hydrogen-bond donors (Lipinski definition) is 1. The van der Waals surface area contributed by atoms with Gasteiger partial charge in [0.05, 0.1) is 24.8 Å². The molecule has 5 heteroatoms. The van der Waals surface area contributed by atoms with Crippen LogP contribution in [-0.4, -0.2) is 39.4 Å². The molecule has 0 aromatic heterocycles. The van der Waals surface area contributed by atoms with E-state index >= 15 is 0 Å². The van der Waals surface area contributed by atoms with E-state index in [0.29, 0.717) is 37.5 Å². The number of rotatable bonds is 8. The van der Waals surface area contributed by atoms with Gasteiger partial charge in [-0.15, -0.1) is 0 Å². The molecule has 1 N–H and O–H groups in total. The summed E-state index contributed by atoms with van der Waals surface area (Å²) in [6, 6.07) is 8.55. The van der Waals surface area contributed by atoms with Crippen molar-refractivity contribution in [3.05, 3.63) is 35.4 Å². The van der Waals surface area contributed by atoms with Crippen molar-refractivity contribution in [3.8, 4) is 6.07 Å². The van der Waals surface area contributed by atoms with Crippen molar-refractivity contribution in [3.63, 3.8) is 0 Å². The topological polar surface area (TPSA) is 71.3 Å². The van der Waals surface area contributed by atoms with Gasteiger partial charge >= 0.3 is 0 Å². The zero-order chi connectivity index (χ0) is 13.9. The first-order valence-electron chi connectivity index (χ1n) is 6.13. The molecule has 0 spiro atoms. The van der Waals surface area contributed by atoms with Crippen LogP contribution < -0.4 is 5.32 Å². The van der Waals surface area contributed by atoms with Gasteiger partial charge in [-0.05, 0) is 30.7 Å². The van der Waals surface area contributed by atoms with Crippen LogP contribution in [0.25, 0.3) is 0 Å². The Hall–Kier alpha value is -1.90. The van der Waals surface area contributed by atoms with E-state index in [9.17, 15) is 4.79 Å². The van der Waals surface area contributed by atoms with E-state index in [2.05, 4.69) is 5.32 Å². The Labute approximate surface area is 113 Å². The number of benzene rings is 1. The Bertz CT molecular complexity index is 423. The van der Waals surface area contributed by atoms with E-state index in [-0.39, 0.29) is 5.91 Å². The van der Waals surface area contributed by atoms with Gasteiger partial charge in [-0.3, -0.25) is 4.79 Å². The third-order valence-electron chi connectivity index (χ3n) is 2.46. The second-order valence-electron chi connectivity index (χ2n) is 3.90. The van der Waals surface area contributed by atoms with Gasteiger partial charge in [0.25, 0.3) is 5.91 Å². The first-order chi connectivity index (χ1) is 9.27. The highest BCUT2D eigenvalue weighted by Crippen LogP contribution is 2.02. The molecule has 0 saturated heterocycles. The van der Waals surface area contributed by atoms with Gasteiger partial charge in [-0.25, -0.2) is 0 Å². The number of nitriles is 1. The van der Waals surface area contributed by atoms with Gasteiger partial charge in [0.15, 0.2) is 0 Å². The number of nitrogens with one attached hydrogen (secondary N) is 1. The lowest BCUT2D eigenvalue weighted by molar-refractivity contribution is 0.0688. The predicted octanol–water partition coefficient (Wildman–Crippen LogP) is 1.34. The first kappa shape index (κ1) is 15.2. The lowest BCUT2D eigenvalue weighted by Crippen LogP contribution is -2.25. The number of methoxy groups -OCH3 is 1. The lowest BCUT2D eigenvalue weighted by Gasteiger charge is -2.06. The average Bonchev–Trinajstić information content (AvgIpc) is 2.46. The monoisotopic (exact) mass is 262 g/mol. The third kappa shape index (κ3) is 6.00. The van der Waals surface area contributed by atoms with Gasteiger partial charge < -0.3 is 14.8 Å². The summed E-state index contributed by atoms with van der Waals surface area (Å²) in [6.07, 6.45) is 0.756. The van der Waals surface area contributed by atoms with Crippen LogP contribution in [0, 0.1) is 11.3 Å². The summed E-state index contributed by atoms with van der Waals surface area (Å²) in [7, 11) is 1.63. The van der Waals surface area contributed by atoms with Crippen molar-refractivity contribution in [1.29, 1.82) is 5.26 Å². The molecule has 19 heavy (non-hydrogen) atoms. The molecular formula is C14H18N2O3. The summed E-state index contributed by atoms with van der Waals surface area (Å²) in [5, 5.41) is 11.5. The normalized spacial score (nSPS) is 9.89. The fourth-order valence-corrected chi connectivity index (χ4v) is 1.42. The van der Waals surface area contributed by atoms with Crippen molar-refractivity contribution in [2.24, 2.45) is 0 Å². The van der Waals surface area contributed by atoms with E-state index in [4.69, 9.17) is 14.7 Å². The van der Waals surface area contributed by atoms with Gasteiger partial charge in [-0.2, -0.15) is 5.26 Å². The molecule has 0 aliphatic rings. The van der Waals surface area contributed by atoms with Crippen LogP contribution in [0.5, 0.6) is 0 Å². The van der Waals surface area contributed by atoms with E-state index in [0.717, 1.165) is 6.42 Å². The number of hydrogen-bond acceptors (Lipinski definition) is 4. The molecule has 1 aromatic rings. The van der Waals surface area contributed by atoms with Gasteiger partial charge in [-0.1, -0.05) is 0 Å². The molecule has 0 radical (unpaired) electrons. The number of carbonyl (C=O) groups is 1. The van der Waals surface area contributed by atoms with E-state index in [1.165, 1.54) is 0 Å². The average molecular weight is 262 g/mol. The lowest BCUT2D eigenvalue weighted by atomic mass is 10.1. The Morgan fingerprint density at radius 3 is 2.63 bits per heavy atom. The largest absolute Gasteiger partial charge is 0.382 e. The molecule has 0 aliphatic carbocycles. The second kappa shape index (κ2) is 9.09. The Balaban J connectivity index is 2.18. The van der Waals surface area contributed by atoms with Crippen LogP contribution >= 0.6 is 0 Å². The van der Waals surface area contributed by atoms with Gasteiger partial charge in [0, 0.05) is 25.8 Å². The van der Waals surface area contributed by atoms with E-state index < -0.39 is 0 Å². The maximum atomic E-state index is 11.7. The summed E-state index contributed by atoms with van der Waals surface area (Å²) >= 11 is 0. The molecule has 1 rings (SSSR count). The van der Waals surface area contributed by atoms with E-state index in [1.54, 1.807) is 31.4 Å². The SMILES string of the molecule is COCCOCCCNC(=O)c1ccc(C#N)cc1. The van der Waals surface area contributed by atoms with Crippen LogP contribution in [0.4, 0.5) is 0 Å². The third-order valence-corrected chi connectivity index (χ3v) is 2.46. The molecular weight excluding hydrogens is 244 g/mol. The molecule has 1 aromatic carbocycles. The molecule has 0 fully saturated rings. The molecule has 0 saturated carbocycles. The fourth-order valence-electron chi connectivity index (χ4n) is 1.42. The highest BCUT2D eigenvalue weighted by atomic mass is 16.5. The zero-order valence-electron chi connectivity index (χ0n) is 11.0. The highest BCUT2D eigenvalue weighted by molar-refractivity contribution is 5.94. The number of nitrogens with zero attached hydrogens (tertiary/aromatic N) is 1. The minimum absolute atomic E-state index is 0.138. The van der Waals surface area contributed by atoms with Crippen LogP contribution in [0.3, 0.4) is 0 Å². The van der Waals surface area contributed by atoms with Gasteiger partial charge in [0.1, 0.15) is 0 Å². The molecule has 5 nitrogen and oxygen atoms in total. The molecule has 0 atom stereocenters. The van der Waals surface area contributed by atoms with Crippen molar-refractivity contribution in [2.45, 2.75) is 6.42 Å². The Morgan fingerprint density at radius 2 is 2.00 bits per heavy atom. The van der Waals surface area contributed by atoms with E-state index in [1.807, 2.05) is 6.07 Å². The summed E-state index contributed by atoms with van der Waals surface area (Å²) in [6.45, 7) is 2.31. The molecule has 0 aliphatic heterocycles. The standard InChI is InChI=1S/C14H18N2O3/c1-18-9-10-19-8-2-7-16-14(17)13-5-3-12(11-15)4-6-13/h3-6H,2,7-10H2,1H3,(H,16,17). The van der Waals surface area contributed by atoms with Crippen molar-refractivity contribution >= 4 is 5.91 Å². The fraction of sp³-hybridized carbons (Fsp3) is 0.429. The summed E-state index contributed by atoms with van der Waals surface area (Å²) < 4.78 is 10.1. The predicted molar refractivity (Wildman–Crippen MR) is 70.8 cm³/mol. The van der Waals surface area contributed by atoms with Crippen molar-refractivity contribution in [1.82, 2.24) is 5.32 Å². The summed E-state index contributed by atoms with van der Waals surface area (Å²) in [5.74, 6) is -0.138. The molecule has 0 unspecified atom stereocenters. The van der Waals surface area contributed by atoms with Crippen molar-refractivity contribution < 1.29 is 14.3 Å². The zero-order valence-corrected chi connectivity index (χ0v) is 11.0. The minimum Gasteiger partial charge on any atom is -0.382 e. The second-order valence-corrected chi connectivity index (χ2v) is 3.90. The van der Waals surface area contributed by atoms with Crippen molar-refractivity contribution in [2.75, 3.05) is 33.5 Å². The van der Waals surface area contributed by atoms with Gasteiger partial charge in [0.2, 0.25) is 0 Å². The summed E-state index contributed by atoms with van der Waals surface area (Å²) in [5.41, 5.74) is 1.10. The number of amides is 1. The summed E-state index contributed by atoms with van der Waals surface area (Å²) in [4.78, 5) is 11.7. The molecule has 0 bridgehead atoms. The number of ether oxygens (including phenoxy) is 2. The van der Waals surface area contributed by atoms with Crippen LogP contribution in [-0.2, 0) is 9.47 Å². The minimum atomic E-state index is -0.138. The Kier molecular flexibility index (Phi) is 7.25. The highest BCUT2D eigenvalue weighted by Gasteiger charge is 2.04. The maximum Gasteiger partial charge on any atom is 0.251 e. The number of carbonyl (C=O) groups excluding carboxylic acids is 1. The van der Waals surface area contributed by atoms with Crippen LogP contribution in [0.15, 0.2) is 24.3 Å². The maximum absolute atomic E-state index is 11.7. The van der Waals surface area contributed by atoms with Crippen LogP contribution in [0.1, 0.15) is 22.3 Å². The molecule has 0 heterocycles. The smallest absolute Gasteiger partial charge is 0.251 e. The van der Waals surface area contributed by atoms with Crippen LogP contribution in [0.2, 0.25) is 0 Å².